The van der Waals surface area contributed by atoms with E-state index in [1.807, 2.05) is 0 Å². The summed E-state index contributed by atoms with van der Waals surface area (Å²) in [6.45, 7) is 0. The number of rotatable bonds is 5. The molecule has 0 amide bonds. The van der Waals surface area contributed by atoms with Gasteiger partial charge in [-0.2, -0.15) is 13.2 Å². The number of nitrogens with zero attached hydrogens (tertiary/aromatic N) is 1. The van der Waals surface area contributed by atoms with Crippen molar-refractivity contribution in [1.82, 2.24) is 4.98 Å². The number of para-hydroxylation sites is 2. The fourth-order valence-electron chi connectivity index (χ4n) is 2.98. The fourth-order valence-corrected chi connectivity index (χ4v) is 2.98. The predicted molar refractivity (Wildman–Crippen MR) is 102 cm³/mol. The highest BCUT2D eigenvalue weighted by atomic mass is 19.4. The zero-order chi connectivity index (χ0) is 21.3. The van der Waals surface area contributed by atoms with Crippen molar-refractivity contribution in [3.05, 3.63) is 83.9 Å². The van der Waals surface area contributed by atoms with Gasteiger partial charge in [-0.25, -0.2) is 9.78 Å². The number of hydrogen-bond donors (Lipinski definition) is 1. The molecule has 8 heteroatoms. The number of aromatic nitrogens is 1. The summed E-state index contributed by atoms with van der Waals surface area (Å²) < 4.78 is 51.1. The minimum atomic E-state index is -4.61. The Morgan fingerprint density at radius 1 is 1.00 bits per heavy atom. The predicted octanol–water partition coefficient (Wildman–Crippen LogP) is 5.72. The number of carboxylic acids is 1. The van der Waals surface area contributed by atoms with Gasteiger partial charge < -0.3 is 14.3 Å². The molecule has 1 atom stereocenters. The van der Waals surface area contributed by atoms with Crippen LogP contribution >= 0.6 is 0 Å². The van der Waals surface area contributed by atoms with Crippen LogP contribution in [0.1, 0.15) is 17.2 Å². The van der Waals surface area contributed by atoms with Crippen LogP contribution in [-0.4, -0.2) is 16.1 Å². The SMILES string of the molecule is O=C(O)[C@@H](Oc1ccc(C(F)(F)F)cc1-c1nc2ccccc2o1)c1ccccc1. The number of hydrogen-bond acceptors (Lipinski definition) is 4. The highest BCUT2D eigenvalue weighted by Crippen LogP contribution is 2.39. The van der Waals surface area contributed by atoms with Gasteiger partial charge in [0.15, 0.2) is 5.58 Å². The van der Waals surface area contributed by atoms with Crippen LogP contribution in [0.3, 0.4) is 0 Å². The molecular formula is C22H14F3NO4. The van der Waals surface area contributed by atoms with Crippen LogP contribution in [0.25, 0.3) is 22.6 Å². The molecule has 4 aromatic rings. The van der Waals surface area contributed by atoms with Gasteiger partial charge in [0.25, 0.3) is 0 Å². The number of fused-ring (bicyclic) bond motifs is 1. The minimum absolute atomic E-state index is 0.0918. The summed E-state index contributed by atoms with van der Waals surface area (Å²) >= 11 is 0. The maximum Gasteiger partial charge on any atom is 0.416 e. The van der Waals surface area contributed by atoms with Crippen molar-refractivity contribution < 1.29 is 32.2 Å². The molecule has 4 rings (SSSR count). The molecule has 0 aliphatic rings. The van der Waals surface area contributed by atoms with Crippen molar-refractivity contribution in [2.24, 2.45) is 0 Å². The lowest BCUT2D eigenvalue weighted by Crippen LogP contribution is -2.18. The van der Waals surface area contributed by atoms with Crippen molar-refractivity contribution in [2.45, 2.75) is 12.3 Å². The standard InChI is InChI=1S/C22H14F3NO4/c23-22(24,25)14-10-11-17(29-19(21(27)28)13-6-2-1-3-7-13)15(12-14)20-26-16-8-4-5-9-18(16)30-20/h1-12,19H,(H,27,28)/t19-/m0/s1. The van der Waals surface area contributed by atoms with Crippen molar-refractivity contribution >= 4 is 17.1 Å². The quantitative estimate of drug-likeness (QED) is 0.453. The van der Waals surface area contributed by atoms with Crippen LogP contribution in [0.2, 0.25) is 0 Å². The molecule has 1 aromatic heterocycles. The van der Waals surface area contributed by atoms with E-state index >= 15 is 0 Å². The Morgan fingerprint density at radius 2 is 1.70 bits per heavy atom. The summed E-state index contributed by atoms with van der Waals surface area (Å²) in [7, 11) is 0. The lowest BCUT2D eigenvalue weighted by molar-refractivity contribution is -0.145. The van der Waals surface area contributed by atoms with Crippen LogP contribution in [0, 0.1) is 0 Å². The Balaban J connectivity index is 1.83. The van der Waals surface area contributed by atoms with Crippen molar-refractivity contribution in [3.8, 4) is 17.2 Å². The van der Waals surface area contributed by atoms with Gasteiger partial charge >= 0.3 is 12.1 Å². The molecular weight excluding hydrogens is 399 g/mol. The smallest absolute Gasteiger partial charge is 0.416 e. The highest BCUT2D eigenvalue weighted by Gasteiger charge is 2.33. The second kappa shape index (κ2) is 7.55. The van der Waals surface area contributed by atoms with E-state index in [4.69, 9.17) is 9.15 Å². The molecule has 0 fully saturated rings. The van der Waals surface area contributed by atoms with Crippen molar-refractivity contribution in [1.29, 1.82) is 0 Å². The summed E-state index contributed by atoms with van der Waals surface area (Å²) in [4.78, 5) is 16.0. The Labute approximate surface area is 168 Å². The van der Waals surface area contributed by atoms with E-state index in [0.717, 1.165) is 18.2 Å². The summed E-state index contributed by atoms with van der Waals surface area (Å²) in [6, 6.07) is 17.6. The molecule has 0 spiro atoms. The molecule has 0 radical (unpaired) electrons. The lowest BCUT2D eigenvalue weighted by atomic mass is 10.1. The summed E-state index contributed by atoms with van der Waals surface area (Å²) in [5.41, 5.74) is 0.151. The van der Waals surface area contributed by atoms with E-state index in [-0.39, 0.29) is 17.2 Å². The topological polar surface area (TPSA) is 72.6 Å². The van der Waals surface area contributed by atoms with Gasteiger partial charge in [0.2, 0.25) is 12.0 Å². The number of benzene rings is 3. The van der Waals surface area contributed by atoms with Gasteiger partial charge in [-0.05, 0) is 30.3 Å². The Bertz CT molecular complexity index is 1170. The van der Waals surface area contributed by atoms with E-state index in [1.54, 1.807) is 54.6 Å². The third kappa shape index (κ3) is 3.84. The number of aliphatic carboxylic acids is 1. The molecule has 0 aliphatic heterocycles. The number of alkyl halides is 3. The molecule has 0 bridgehead atoms. The van der Waals surface area contributed by atoms with E-state index in [1.165, 1.54) is 0 Å². The Morgan fingerprint density at radius 3 is 2.37 bits per heavy atom. The second-order valence-corrected chi connectivity index (χ2v) is 6.44. The van der Waals surface area contributed by atoms with Gasteiger partial charge in [0.1, 0.15) is 11.3 Å². The van der Waals surface area contributed by atoms with Crippen LogP contribution in [0.4, 0.5) is 13.2 Å². The Hall–Kier alpha value is -3.81. The van der Waals surface area contributed by atoms with Crippen LogP contribution < -0.4 is 4.74 Å². The Kier molecular flexibility index (Phi) is 4.91. The van der Waals surface area contributed by atoms with Crippen molar-refractivity contribution in [2.75, 3.05) is 0 Å². The van der Waals surface area contributed by atoms with E-state index < -0.39 is 23.8 Å². The van der Waals surface area contributed by atoms with Crippen LogP contribution in [-0.2, 0) is 11.0 Å². The number of halogens is 3. The fraction of sp³-hybridized carbons (Fsp3) is 0.0909. The number of carboxylic acid groups (broad SMARTS) is 1. The molecule has 30 heavy (non-hydrogen) atoms. The summed E-state index contributed by atoms with van der Waals surface area (Å²) in [6.07, 6.45) is -6.03. The van der Waals surface area contributed by atoms with Gasteiger partial charge in [0, 0.05) is 5.56 Å². The average molecular weight is 413 g/mol. The first-order valence-corrected chi connectivity index (χ1v) is 8.84. The monoisotopic (exact) mass is 413 g/mol. The number of carbonyl (C=O) groups is 1. The first-order valence-electron chi connectivity index (χ1n) is 8.84. The normalized spacial score (nSPS) is 12.6. The zero-order valence-electron chi connectivity index (χ0n) is 15.3. The van der Waals surface area contributed by atoms with Gasteiger partial charge in [-0.1, -0.05) is 42.5 Å². The molecule has 0 unspecified atom stereocenters. The third-order valence-corrected chi connectivity index (χ3v) is 4.40. The van der Waals surface area contributed by atoms with E-state index in [0.29, 0.717) is 16.7 Å². The highest BCUT2D eigenvalue weighted by molar-refractivity contribution is 5.79. The third-order valence-electron chi connectivity index (χ3n) is 4.40. The van der Waals surface area contributed by atoms with Gasteiger partial charge in [-0.15, -0.1) is 0 Å². The maximum absolute atomic E-state index is 13.3. The van der Waals surface area contributed by atoms with Crippen LogP contribution in [0.5, 0.6) is 5.75 Å². The molecule has 3 aromatic carbocycles. The lowest BCUT2D eigenvalue weighted by Gasteiger charge is -2.18. The second-order valence-electron chi connectivity index (χ2n) is 6.44. The van der Waals surface area contributed by atoms with Gasteiger partial charge in [-0.3, -0.25) is 0 Å². The molecule has 1 heterocycles. The van der Waals surface area contributed by atoms with Gasteiger partial charge in [0.05, 0.1) is 11.1 Å². The minimum Gasteiger partial charge on any atom is -0.478 e. The number of oxazole rings is 1. The average Bonchev–Trinajstić information content (AvgIpc) is 3.15. The van der Waals surface area contributed by atoms with Crippen LogP contribution in [0.15, 0.2) is 77.2 Å². The molecule has 152 valence electrons. The summed E-state index contributed by atoms with van der Waals surface area (Å²) in [5, 5.41) is 9.60. The first kappa shape index (κ1) is 19.5. The van der Waals surface area contributed by atoms with E-state index in [9.17, 15) is 23.1 Å². The number of ether oxygens (including phenoxy) is 1. The molecule has 1 N–H and O–H groups in total. The van der Waals surface area contributed by atoms with Crippen molar-refractivity contribution in [3.63, 3.8) is 0 Å². The first-order chi connectivity index (χ1) is 14.3. The zero-order valence-corrected chi connectivity index (χ0v) is 15.3. The molecule has 0 aliphatic carbocycles. The molecule has 5 nitrogen and oxygen atoms in total. The maximum atomic E-state index is 13.3. The largest absolute Gasteiger partial charge is 0.478 e. The summed E-state index contributed by atoms with van der Waals surface area (Å²) in [5.74, 6) is -1.48. The molecule has 0 saturated heterocycles. The van der Waals surface area contributed by atoms with E-state index in [2.05, 4.69) is 4.98 Å². The molecule has 0 saturated carbocycles.